The summed E-state index contributed by atoms with van der Waals surface area (Å²) in [6, 6.07) is 30.9. The van der Waals surface area contributed by atoms with Crippen LogP contribution in [0.15, 0.2) is 115 Å². The molecule has 14 heteroatoms. The van der Waals surface area contributed by atoms with Gasteiger partial charge in [0.1, 0.15) is 30.0 Å². The molecule has 0 radical (unpaired) electrons. The summed E-state index contributed by atoms with van der Waals surface area (Å²) in [5.41, 5.74) is 5.54. The second-order valence-electron chi connectivity index (χ2n) is 16.3. The average molecular weight is 836 g/mol. The molecule has 4 atom stereocenters. The standard InChI is InChI=1S/C48H49N7O7/c56-44(35-15-16-35)52-41(33-7-3-1-4-8-33)47(59)54-23-25-61-28-39(54)43-49-27-38(51-43)32-13-11-30(12-14-32)31-19-21-37(22-20-31)50-46(58)40-29-62-26-24-55(40)48(60)42(34-9-5-2-6-10-34)53-45(57)36-17-18-36/h1-14,19-22,27,35-36,39-42H,15-18,23-26,28-29H2,(H,49,51)(H,50,58)(H,52,56)(H,53,57). The van der Waals surface area contributed by atoms with Crippen molar-refractivity contribution in [3.05, 3.63) is 132 Å². The molecule has 0 bridgehead atoms. The molecule has 4 aromatic carbocycles. The van der Waals surface area contributed by atoms with Gasteiger partial charge in [-0.25, -0.2) is 4.98 Å². The van der Waals surface area contributed by atoms with Crippen molar-refractivity contribution in [1.82, 2.24) is 30.4 Å². The molecule has 4 aliphatic rings. The number of benzene rings is 4. The van der Waals surface area contributed by atoms with Gasteiger partial charge in [-0.1, -0.05) is 97.1 Å². The molecule has 2 saturated heterocycles. The predicted octanol–water partition coefficient (Wildman–Crippen LogP) is 5.34. The molecular weight excluding hydrogens is 787 g/mol. The summed E-state index contributed by atoms with van der Waals surface area (Å²) >= 11 is 0. The molecule has 62 heavy (non-hydrogen) atoms. The average Bonchev–Trinajstić information content (AvgIpc) is 4.28. The number of aromatic amines is 1. The summed E-state index contributed by atoms with van der Waals surface area (Å²) in [4.78, 5) is 78.9. The Bertz CT molecular complexity index is 2400. The smallest absolute Gasteiger partial charge is 0.250 e. The second-order valence-corrected chi connectivity index (χ2v) is 16.3. The molecule has 0 spiro atoms. The topological polar surface area (TPSA) is 175 Å². The van der Waals surface area contributed by atoms with Crippen molar-refractivity contribution in [2.24, 2.45) is 11.8 Å². The van der Waals surface area contributed by atoms with E-state index in [-0.39, 0.29) is 67.7 Å². The number of nitrogens with one attached hydrogen (secondary N) is 4. The van der Waals surface area contributed by atoms with Crippen molar-refractivity contribution >= 4 is 35.2 Å². The maximum absolute atomic E-state index is 14.2. The Morgan fingerprint density at radius 3 is 1.66 bits per heavy atom. The van der Waals surface area contributed by atoms with Gasteiger partial charge in [0.15, 0.2) is 0 Å². The van der Waals surface area contributed by atoms with Crippen LogP contribution in [0.2, 0.25) is 0 Å². The first kappa shape index (κ1) is 40.7. The van der Waals surface area contributed by atoms with E-state index in [4.69, 9.17) is 9.47 Å². The van der Waals surface area contributed by atoms with Crippen LogP contribution in [0.3, 0.4) is 0 Å². The van der Waals surface area contributed by atoms with Crippen LogP contribution in [0.25, 0.3) is 22.4 Å². The van der Waals surface area contributed by atoms with Crippen LogP contribution in [-0.4, -0.2) is 94.9 Å². The number of hydrogen-bond acceptors (Lipinski definition) is 8. The number of ether oxygens (including phenoxy) is 2. The van der Waals surface area contributed by atoms with Crippen molar-refractivity contribution in [2.45, 2.75) is 49.9 Å². The van der Waals surface area contributed by atoms with Crippen molar-refractivity contribution < 1.29 is 33.4 Å². The molecule has 9 rings (SSSR count). The predicted molar refractivity (Wildman–Crippen MR) is 230 cm³/mol. The summed E-state index contributed by atoms with van der Waals surface area (Å²) in [6.45, 7) is 1.56. The number of nitrogens with zero attached hydrogens (tertiary/aromatic N) is 3. The molecule has 5 aromatic rings. The third-order valence-corrected chi connectivity index (χ3v) is 11.9. The maximum Gasteiger partial charge on any atom is 0.250 e. The van der Waals surface area contributed by atoms with Crippen LogP contribution in [0.1, 0.15) is 60.8 Å². The lowest BCUT2D eigenvalue weighted by atomic mass is 10.0. The quantitative estimate of drug-likeness (QED) is 0.123. The largest absolute Gasteiger partial charge is 0.377 e. The molecule has 3 heterocycles. The minimum Gasteiger partial charge on any atom is -0.377 e. The number of aromatic nitrogens is 2. The Morgan fingerprint density at radius 1 is 0.597 bits per heavy atom. The van der Waals surface area contributed by atoms with Crippen molar-refractivity contribution in [3.8, 4) is 22.4 Å². The fourth-order valence-electron chi connectivity index (χ4n) is 8.05. The van der Waals surface area contributed by atoms with Crippen LogP contribution >= 0.6 is 0 Å². The van der Waals surface area contributed by atoms with Gasteiger partial charge >= 0.3 is 0 Å². The molecule has 5 amide bonds. The van der Waals surface area contributed by atoms with Crippen molar-refractivity contribution in [1.29, 1.82) is 0 Å². The van der Waals surface area contributed by atoms with E-state index < -0.39 is 24.2 Å². The molecule has 2 aliphatic heterocycles. The van der Waals surface area contributed by atoms with E-state index in [0.29, 0.717) is 30.2 Å². The third-order valence-electron chi connectivity index (χ3n) is 11.9. The highest BCUT2D eigenvalue weighted by Crippen LogP contribution is 2.33. The van der Waals surface area contributed by atoms with E-state index >= 15 is 0 Å². The Labute approximate surface area is 359 Å². The lowest BCUT2D eigenvalue weighted by Crippen LogP contribution is -2.57. The van der Waals surface area contributed by atoms with E-state index in [1.807, 2.05) is 109 Å². The van der Waals surface area contributed by atoms with Crippen LogP contribution in [0.5, 0.6) is 0 Å². The number of carbonyl (C=O) groups excluding carboxylic acids is 5. The van der Waals surface area contributed by atoms with Gasteiger partial charge < -0.3 is 40.2 Å². The summed E-state index contributed by atoms with van der Waals surface area (Å²) in [6.07, 6.45) is 5.05. The summed E-state index contributed by atoms with van der Waals surface area (Å²) in [5, 5.41) is 8.91. The van der Waals surface area contributed by atoms with Crippen LogP contribution in [0, 0.1) is 11.8 Å². The summed E-state index contributed by atoms with van der Waals surface area (Å²) in [7, 11) is 0. The number of morpholine rings is 2. The van der Waals surface area contributed by atoms with E-state index in [1.165, 1.54) is 4.90 Å². The number of imidazole rings is 1. The van der Waals surface area contributed by atoms with E-state index in [1.54, 1.807) is 11.1 Å². The second kappa shape index (κ2) is 18.1. The monoisotopic (exact) mass is 835 g/mol. The summed E-state index contributed by atoms with van der Waals surface area (Å²) in [5.74, 6) is -0.690. The number of hydrogen-bond donors (Lipinski definition) is 4. The number of carbonyl (C=O) groups is 5. The minimum atomic E-state index is -0.905. The van der Waals surface area contributed by atoms with Gasteiger partial charge in [0.05, 0.1) is 38.3 Å². The van der Waals surface area contributed by atoms with Gasteiger partial charge in [-0.3, -0.25) is 24.0 Å². The first-order valence-electron chi connectivity index (χ1n) is 21.3. The van der Waals surface area contributed by atoms with E-state index in [9.17, 15) is 24.0 Å². The zero-order chi connectivity index (χ0) is 42.6. The summed E-state index contributed by atoms with van der Waals surface area (Å²) < 4.78 is 11.5. The molecule has 2 aliphatic carbocycles. The molecule has 4 fully saturated rings. The molecule has 4 unspecified atom stereocenters. The van der Waals surface area contributed by atoms with E-state index in [0.717, 1.165) is 53.6 Å². The zero-order valence-electron chi connectivity index (χ0n) is 34.2. The number of amides is 5. The highest BCUT2D eigenvalue weighted by Gasteiger charge is 2.41. The highest BCUT2D eigenvalue weighted by molar-refractivity contribution is 5.99. The Balaban J connectivity index is 0.846. The van der Waals surface area contributed by atoms with Gasteiger partial charge in [-0.15, -0.1) is 0 Å². The Hall–Kier alpha value is -6.64. The van der Waals surface area contributed by atoms with Gasteiger partial charge in [0, 0.05) is 30.6 Å². The lowest BCUT2D eigenvalue weighted by Gasteiger charge is -2.37. The van der Waals surface area contributed by atoms with Crippen LogP contribution < -0.4 is 16.0 Å². The first-order chi connectivity index (χ1) is 30.3. The van der Waals surface area contributed by atoms with E-state index in [2.05, 4.69) is 25.9 Å². The molecular formula is C48H49N7O7. The van der Waals surface area contributed by atoms with Crippen molar-refractivity contribution in [2.75, 3.05) is 44.8 Å². The number of anilines is 1. The van der Waals surface area contributed by atoms with Gasteiger partial charge in [-0.05, 0) is 65.6 Å². The fraction of sp³-hybridized carbons (Fsp3) is 0.333. The highest BCUT2D eigenvalue weighted by atomic mass is 16.5. The molecule has 2 saturated carbocycles. The molecule has 318 valence electrons. The Morgan fingerprint density at radius 2 is 1.10 bits per heavy atom. The minimum absolute atomic E-state index is 0.0389. The van der Waals surface area contributed by atoms with Gasteiger partial charge in [0.25, 0.3) is 11.8 Å². The van der Waals surface area contributed by atoms with Crippen molar-refractivity contribution in [3.63, 3.8) is 0 Å². The molecule has 4 N–H and O–H groups in total. The molecule has 1 aromatic heterocycles. The number of rotatable bonds is 13. The van der Waals surface area contributed by atoms with Crippen LogP contribution in [-0.2, 0) is 33.4 Å². The Kier molecular flexibility index (Phi) is 11.9. The lowest BCUT2D eigenvalue weighted by molar-refractivity contribution is -0.149. The third kappa shape index (κ3) is 9.16. The fourth-order valence-corrected chi connectivity index (χ4v) is 8.05. The maximum atomic E-state index is 14.2. The first-order valence-corrected chi connectivity index (χ1v) is 21.3. The van der Waals surface area contributed by atoms with Gasteiger partial charge in [0.2, 0.25) is 17.7 Å². The normalized spacial score (nSPS) is 19.8. The van der Waals surface area contributed by atoms with Gasteiger partial charge in [-0.2, -0.15) is 0 Å². The number of H-pyrrole nitrogens is 1. The zero-order valence-corrected chi connectivity index (χ0v) is 34.2. The molecule has 14 nitrogen and oxygen atoms in total. The SMILES string of the molecule is O=C(NC(C(=O)N1CCOCC1C(=O)Nc1ccc(-c2ccc(-c3cnc(C4COCCN4C(=O)C(NC(=O)C4CC4)c4ccccc4)[nH]3)cc2)cc1)c1ccccc1)C1CC1. The van der Waals surface area contributed by atoms with Crippen LogP contribution in [0.4, 0.5) is 5.69 Å².